The molecule has 1 rings (SSSR count). The average Bonchev–Trinajstić information content (AvgIpc) is 2.38. The van der Waals surface area contributed by atoms with Crippen LogP contribution in [0.3, 0.4) is 0 Å². The van der Waals surface area contributed by atoms with Gasteiger partial charge in [0.05, 0.1) is 19.3 Å². The summed E-state index contributed by atoms with van der Waals surface area (Å²) in [6.45, 7) is 7.42. The maximum Gasteiger partial charge on any atom is 0.0947 e. The predicted molar refractivity (Wildman–Crippen MR) is 74.2 cm³/mol. The van der Waals surface area contributed by atoms with Crippen molar-refractivity contribution in [2.24, 2.45) is 0 Å². The molecule has 1 atom stereocenters. The SMILES string of the molecule is C=C(CC)N(C)CC(O)COCc1ccccc1. The van der Waals surface area contributed by atoms with Crippen LogP contribution in [-0.4, -0.2) is 36.3 Å². The number of allylic oxidation sites excluding steroid dienone is 1. The highest BCUT2D eigenvalue weighted by molar-refractivity contribution is 5.13. The number of aliphatic hydroxyl groups is 1. The lowest BCUT2D eigenvalue weighted by molar-refractivity contribution is 0.0175. The van der Waals surface area contributed by atoms with Gasteiger partial charge in [-0.15, -0.1) is 0 Å². The van der Waals surface area contributed by atoms with Gasteiger partial charge in [0.15, 0.2) is 0 Å². The van der Waals surface area contributed by atoms with Gasteiger partial charge in [-0.1, -0.05) is 43.8 Å². The molecule has 0 radical (unpaired) electrons. The van der Waals surface area contributed by atoms with Crippen molar-refractivity contribution in [3.63, 3.8) is 0 Å². The highest BCUT2D eigenvalue weighted by Gasteiger charge is 2.09. The standard InChI is InChI=1S/C15H23NO2/c1-4-13(2)16(3)10-15(17)12-18-11-14-8-6-5-7-9-14/h5-9,15,17H,2,4,10-12H2,1,3H3. The number of hydrogen-bond donors (Lipinski definition) is 1. The van der Waals surface area contributed by atoms with Crippen LogP contribution in [-0.2, 0) is 11.3 Å². The molecule has 0 saturated carbocycles. The van der Waals surface area contributed by atoms with E-state index in [1.165, 1.54) is 0 Å². The quantitative estimate of drug-likeness (QED) is 0.768. The van der Waals surface area contributed by atoms with Crippen molar-refractivity contribution in [2.45, 2.75) is 26.1 Å². The maximum atomic E-state index is 9.83. The topological polar surface area (TPSA) is 32.7 Å². The average molecular weight is 249 g/mol. The summed E-state index contributed by atoms with van der Waals surface area (Å²) in [6.07, 6.45) is 0.413. The first-order valence-electron chi connectivity index (χ1n) is 6.32. The number of ether oxygens (including phenoxy) is 1. The molecular formula is C15H23NO2. The minimum atomic E-state index is -0.484. The largest absolute Gasteiger partial charge is 0.389 e. The van der Waals surface area contributed by atoms with Crippen molar-refractivity contribution in [3.05, 3.63) is 48.2 Å². The van der Waals surface area contributed by atoms with E-state index >= 15 is 0 Å². The molecule has 1 aromatic rings. The molecule has 0 amide bonds. The molecule has 0 aliphatic rings. The summed E-state index contributed by atoms with van der Waals surface area (Å²) in [5, 5.41) is 9.83. The van der Waals surface area contributed by atoms with Gasteiger partial charge in [0.25, 0.3) is 0 Å². The van der Waals surface area contributed by atoms with E-state index in [2.05, 4.69) is 13.5 Å². The molecule has 3 heteroatoms. The van der Waals surface area contributed by atoms with Crippen molar-refractivity contribution in [1.82, 2.24) is 4.90 Å². The number of likely N-dealkylation sites (N-methyl/N-ethyl adjacent to an activating group) is 1. The Labute approximate surface area is 110 Å². The highest BCUT2D eigenvalue weighted by Crippen LogP contribution is 2.05. The van der Waals surface area contributed by atoms with Gasteiger partial charge >= 0.3 is 0 Å². The van der Waals surface area contributed by atoms with Crippen LogP contribution in [0, 0.1) is 0 Å². The minimum Gasteiger partial charge on any atom is -0.389 e. The van der Waals surface area contributed by atoms with Crippen molar-refractivity contribution in [2.75, 3.05) is 20.2 Å². The molecule has 0 bridgehead atoms. The second-order valence-electron chi connectivity index (χ2n) is 4.45. The third-order valence-corrected chi connectivity index (χ3v) is 2.85. The van der Waals surface area contributed by atoms with E-state index in [0.29, 0.717) is 19.8 Å². The third kappa shape index (κ3) is 5.34. The van der Waals surface area contributed by atoms with Crippen molar-refractivity contribution >= 4 is 0 Å². The van der Waals surface area contributed by atoms with E-state index < -0.39 is 6.10 Å². The maximum absolute atomic E-state index is 9.83. The van der Waals surface area contributed by atoms with Gasteiger partial charge in [-0.2, -0.15) is 0 Å². The van der Waals surface area contributed by atoms with Crippen molar-refractivity contribution in [3.8, 4) is 0 Å². The molecule has 0 spiro atoms. The lowest BCUT2D eigenvalue weighted by Gasteiger charge is -2.23. The molecule has 0 fully saturated rings. The van der Waals surface area contributed by atoms with Crippen LogP contribution >= 0.6 is 0 Å². The first-order chi connectivity index (χ1) is 8.63. The summed E-state index contributed by atoms with van der Waals surface area (Å²) in [6, 6.07) is 9.96. The summed E-state index contributed by atoms with van der Waals surface area (Å²) in [4.78, 5) is 1.97. The predicted octanol–water partition coefficient (Wildman–Crippen LogP) is 2.42. The van der Waals surface area contributed by atoms with E-state index in [0.717, 1.165) is 17.7 Å². The minimum absolute atomic E-state index is 0.343. The molecular weight excluding hydrogens is 226 g/mol. The molecule has 0 aliphatic heterocycles. The first kappa shape index (κ1) is 14.7. The van der Waals surface area contributed by atoms with Gasteiger partial charge < -0.3 is 14.7 Å². The van der Waals surface area contributed by atoms with Crippen LogP contribution in [0.1, 0.15) is 18.9 Å². The van der Waals surface area contributed by atoms with E-state index in [9.17, 15) is 5.11 Å². The fourth-order valence-electron chi connectivity index (χ4n) is 1.65. The number of benzene rings is 1. The van der Waals surface area contributed by atoms with Crippen molar-refractivity contribution < 1.29 is 9.84 Å². The van der Waals surface area contributed by atoms with Gasteiger partial charge in [-0.3, -0.25) is 0 Å². The van der Waals surface area contributed by atoms with Gasteiger partial charge in [-0.05, 0) is 12.0 Å². The zero-order valence-electron chi connectivity index (χ0n) is 11.3. The van der Waals surface area contributed by atoms with E-state index in [1.54, 1.807) is 0 Å². The normalized spacial score (nSPS) is 12.2. The third-order valence-electron chi connectivity index (χ3n) is 2.85. The Kier molecular flexibility index (Phi) is 6.47. The second-order valence-corrected chi connectivity index (χ2v) is 4.45. The Hall–Kier alpha value is -1.32. The molecule has 0 aliphatic carbocycles. The highest BCUT2D eigenvalue weighted by atomic mass is 16.5. The lowest BCUT2D eigenvalue weighted by Crippen LogP contribution is -2.31. The van der Waals surface area contributed by atoms with Gasteiger partial charge in [0, 0.05) is 19.3 Å². The van der Waals surface area contributed by atoms with E-state index in [1.807, 2.05) is 42.3 Å². The number of nitrogens with zero attached hydrogens (tertiary/aromatic N) is 1. The monoisotopic (exact) mass is 249 g/mol. The summed E-state index contributed by atoms with van der Waals surface area (Å²) in [5.74, 6) is 0. The van der Waals surface area contributed by atoms with E-state index in [4.69, 9.17) is 4.74 Å². The Balaban J connectivity index is 2.21. The second kappa shape index (κ2) is 7.90. The Bertz CT molecular complexity index is 351. The smallest absolute Gasteiger partial charge is 0.0947 e. The van der Waals surface area contributed by atoms with Gasteiger partial charge in [-0.25, -0.2) is 0 Å². The molecule has 1 unspecified atom stereocenters. The molecule has 0 saturated heterocycles. The Morgan fingerprint density at radius 2 is 2.06 bits per heavy atom. The Morgan fingerprint density at radius 3 is 2.67 bits per heavy atom. The number of hydrogen-bond acceptors (Lipinski definition) is 3. The Morgan fingerprint density at radius 1 is 1.39 bits per heavy atom. The van der Waals surface area contributed by atoms with Crippen LogP contribution in [0.4, 0.5) is 0 Å². The number of rotatable bonds is 8. The first-order valence-corrected chi connectivity index (χ1v) is 6.32. The number of aliphatic hydroxyl groups excluding tert-OH is 1. The summed E-state index contributed by atoms with van der Waals surface area (Å²) >= 11 is 0. The zero-order valence-corrected chi connectivity index (χ0v) is 11.3. The molecule has 3 nitrogen and oxygen atoms in total. The lowest BCUT2D eigenvalue weighted by atomic mass is 10.2. The van der Waals surface area contributed by atoms with Gasteiger partial charge in [0.2, 0.25) is 0 Å². The van der Waals surface area contributed by atoms with Crippen LogP contribution < -0.4 is 0 Å². The van der Waals surface area contributed by atoms with Gasteiger partial charge in [0.1, 0.15) is 0 Å². The fraction of sp³-hybridized carbons (Fsp3) is 0.467. The summed E-state index contributed by atoms with van der Waals surface area (Å²) in [7, 11) is 1.94. The molecule has 18 heavy (non-hydrogen) atoms. The van der Waals surface area contributed by atoms with E-state index in [-0.39, 0.29) is 0 Å². The molecule has 1 aromatic carbocycles. The molecule has 100 valence electrons. The van der Waals surface area contributed by atoms with Crippen LogP contribution in [0.5, 0.6) is 0 Å². The summed E-state index contributed by atoms with van der Waals surface area (Å²) in [5.41, 5.74) is 2.15. The van der Waals surface area contributed by atoms with Crippen LogP contribution in [0.2, 0.25) is 0 Å². The summed E-state index contributed by atoms with van der Waals surface area (Å²) < 4.78 is 5.49. The van der Waals surface area contributed by atoms with Crippen LogP contribution in [0.15, 0.2) is 42.6 Å². The fourth-order valence-corrected chi connectivity index (χ4v) is 1.65. The molecule has 1 N–H and O–H groups in total. The van der Waals surface area contributed by atoms with Crippen molar-refractivity contribution in [1.29, 1.82) is 0 Å². The molecule has 0 heterocycles. The molecule has 0 aromatic heterocycles. The van der Waals surface area contributed by atoms with Crippen LogP contribution in [0.25, 0.3) is 0 Å². The zero-order chi connectivity index (χ0) is 13.4.